The number of hydrogen-bond donors (Lipinski definition) is 1. The number of nitrogens with one attached hydrogen (secondary N) is 1. The maximum atomic E-state index is 12.5. The van der Waals surface area contributed by atoms with Gasteiger partial charge in [-0.2, -0.15) is 5.26 Å². The average Bonchev–Trinajstić information content (AvgIpc) is 2.68. The number of benzene rings is 1. The number of methoxy groups -OCH3 is 1. The van der Waals surface area contributed by atoms with Gasteiger partial charge in [0.05, 0.1) is 12.8 Å². The molecule has 0 unspecified atom stereocenters. The standard InChI is InChI=1S/C21H28BrN3O2/c1-4-25(5-2)19-13-20(27-3)15(12-18(19)22)11-16(14-23)21(26)24-17-9-7-6-8-10-17/h11-13,17H,4-10H2,1-3H3,(H,24,26). The van der Waals surface area contributed by atoms with E-state index in [1.165, 1.54) is 6.42 Å². The quantitative estimate of drug-likeness (QED) is 0.501. The number of hydrogen-bond acceptors (Lipinski definition) is 4. The predicted octanol–water partition coefficient (Wildman–Crippen LogP) is 4.66. The van der Waals surface area contributed by atoms with Crippen LogP contribution in [0.1, 0.15) is 51.5 Å². The van der Waals surface area contributed by atoms with Crippen molar-refractivity contribution in [2.75, 3.05) is 25.1 Å². The molecule has 1 fully saturated rings. The lowest BCUT2D eigenvalue weighted by Crippen LogP contribution is -2.36. The summed E-state index contributed by atoms with van der Waals surface area (Å²) < 4.78 is 6.43. The summed E-state index contributed by atoms with van der Waals surface area (Å²) >= 11 is 3.61. The van der Waals surface area contributed by atoms with E-state index < -0.39 is 0 Å². The molecular weight excluding hydrogens is 406 g/mol. The van der Waals surface area contributed by atoms with Crippen LogP contribution < -0.4 is 15.0 Å². The largest absolute Gasteiger partial charge is 0.496 e. The van der Waals surface area contributed by atoms with Crippen molar-refractivity contribution < 1.29 is 9.53 Å². The van der Waals surface area contributed by atoms with Gasteiger partial charge < -0.3 is 15.0 Å². The first kappa shape index (κ1) is 21.3. The Morgan fingerprint density at radius 1 is 1.33 bits per heavy atom. The van der Waals surface area contributed by atoms with E-state index in [1.807, 2.05) is 18.2 Å². The Bertz CT molecular complexity index is 730. The molecule has 27 heavy (non-hydrogen) atoms. The topological polar surface area (TPSA) is 65.4 Å². The molecule has 146 valence electrons. The molecular formula is C21H28BrN3O2. The van der Waals surface area contributed by atoms with Gasteiger partial charge in [0.25, 0.3) is 5.91 Å². The summed E-state index contributed by atoms with van der Waals surface area (Å²) in [5.41, 5.74) is 1.83. The number of carbonyl (C=O) groups is 1. The molecule has 0 spiro atoms. The molecule has 1 saturated carbocycles. The summed E-state index contributed by atoms with van der Waals surface area (Å²) in [5.74, 6) is 0.328. The Labute approximate surface area is 170 Å². The number of anilines is 1. The molecule has 5 nitrogen and oxygen atoms in total. The minimum Gasteiger partial charge on any atom is -0.496 e. The molecule has 0 bridgehead atoms. The van der Waals surface area contributed by atoms with E-state index >= 15 is 0 Å². The Kier molecular flexibility index (Phi) is 8.18. The molecule has 1 aliphatic rings. The zero-order chi connectivity index (χ0) is 19.8. The number of nitriles is 1. The van der Waals surface area contributed by atoms with Gasteiger partial charge in [0.1, 0.15) is 17.4 Å². The lowest BCUT2D eigenvalue weighted by Gasteiger charge is -2.24. The summed E-state index contributed by atoms with van der Waals surface area (Å²) in [5, 5.41) is 12.5. The van der Waals surface area contributed by atoms with Gasteiger partial charge in [-0.25, -0.2) is 0 Å². The lowest BCUT2D eigenvalue weighted by molar-refractivity contribution is -0.117. The molecule has 0 heterocycles. The van der Waals surface area contributed by atoms with Crippen LogP contribution >= 0.6 is 15.9 Å². The van der Waals surface area contributed by atoms with E-state index in [1.54, 1.807) is 13.2 Å². The fraction of sp³-hybridized carbons (Fsp3) is 0.524. The highest BCUT2D eigenvalue weighted by atomic mass is 79.9. The molecule has 1 aromatic rings. The molecule has 1 aliphatic carbocycles. The normalized spacial score (nSPS) is 15.1. The van der Waals surface area contributed by atoms with Crippen LogP contribution in [0.2, 0.25) is 0 Å². The van der Waals surface area contributed by atoms with Gasteiger partial charge in [0.15, 0.2) is 0 Å². The van der Waals surface area contributed by atoms with Crippen LogP contribution in [0.3, 0.4) is 0 Å². The van der Waals surface area contributed by atoms with Crippen molar-refractivity contribution in [3.63, 3.8) is 0 Å². The summed E-state index contributed by atoms with van der Waals surface area (Å²) in [4.78, 5) is 14.7. The van der Waals surface area contributed by atoms with Gasteiger partial charge in [0, 0.05) is 35.2 Å². The SMILES string of the molecule is CCN(CC)c1cc(OC)c(C=C(C#N)C(=O)NC2CCCCC2)cc1Br. The fourth-order valence-corrected chi connectivity index (χ4v) is 4.08. The fourth-order valence-electron chi connectivity index (χ4n) is 3.47. The third-order valence-corrected chi connectivity index (χ3v) is 5.64. The molecule has 0 aliphatic heterocycles. The smallest absolute Gasteiger partial charge is 0.262 e. The summed E-state index contributed by atoms with van der Waals surface area (Å²) in [6.07, 6.45) is 7.05. The van der Waals surface area contributed by atoms with E-state index in [0.717, 1.165) is 48.9 Å². The maximum Gasteiger partial charge on any atom is 0.262 e. The first-order valence-corrected chi connectivity index (χ1v) is 10.4. The summed E-state index contributed by atoms with van der Waals surface area (Å²) in [6.45, 7) is 5.95. The summed E-state index contributed by atoms with van der Waals surface area (Å²) in [6, 6.07) is 6.05. The molecule has 0 saturated heterocycles. The van der Waals surface area contributed by atoms with Gasteiger partial charge in [-0.1, -0.05) is 19.3 Å². The monoisotopic (exact) mass is 433 g/mol. The van der Waals surface area contributed by atoms with Crippen molar-refractivity contribution >= 4 is 33.6 Å². The molecule has 0 atom stereocenters. The van der Waals surface area contributed by atoms with Crippen LogP contribution in [0, 0.1) is 11.3 Å². The Morgan fingerprint density at radius 2 is 2.00 bits per heavy atom. The summed E-state index contributed by atoms with van der Waals surface area (Å²) in [7, 11) is 1.60. The van der Waals surface area contributed by atoms with Crippen molar-refractivity contribution in [1.82, 2.24) is 5.32 Å². The Hall–Kier alpha value is -2.00. The highest BCUT2D eigenvalue weighted by Crippen LogP contribution is 2.35. The van der Waals surface area contributed by atoms with E-state index in [-0.39, 0.29) is 17.5 Å². The molecule has 1 N–H and O–H groups in total. The molecule has 0 aromatic heterocycles. The zero-order valence-electron chi connectivity index (χ0n) is 16.3. The second-order valence-corrected chi connectivity index (χ2v) is 7.55. The maximum absolute atomic E-state index is 12.5. The van der Waals surface area contributed by atoms with Gasteiger partial charge >= 0.3 is 0 Å². The number of amides is 1. The minimum absolute atomic E-state index is 0.0985. The number of rotatable bonds is 7. The number of ether oxygens (including phenoxy) is 1. The number of nitrogens with zero attached hydrogens (tertiary/aromatic N) is 2. The van der Waals surface area contributed by atoms with Gasteiger partial charge in [-0.15, -0.1) is 0 Å². The van der Waals surface area contributed by atoms with E-state index in [4.69, 9.17) is 4.74 Å². The average molecular weight is 434 g/mol. The van der Waals surface area contributed by atoms with Crippen molar-refractivity contribution in [2.24, 2.45) is 0 Å². The van der Waals surface area contributed by atoms with Crippen molar-refractivity contribution in [3.05, 3.63) is 27.7 Å². The van der Waals surface area contributed by atoms with Crippen molar-refractivity contribution in [1.29, 1.82) is 5.26 Å². The first-order valence-electron chi connectivity index (χ1n) is 9.59. The van der Waals surface area contributed by atoms with Crippen molar-refractivity contribution in [3.8, 4) is 11.8 Å². The van der Waals surface area contributed by atoms with Crippen LogP contribution in [-0.2, 0) is 4.79 Å². The van der Waals surface area contributed by atoms with Gasteiger partial charge in [-0.3, -0.25) is 4.79 Å². The Balaban J connectivity index is 2.29. The zero-order valence-corrected chi connectivity index (χ0v) is 17.9. The van der Waals surface area contributed by atoms with E-state index in [9.17, 15) is 10.1 Å². The van der Waals surface area contributed by atoms with Crippen LogP contribution in [0.15, 0.2) is 22.2 Å². The molecule has 1 aromatic carbocycles. The highest BCUT2D eigenvalue weighted by molar-refractivity contribution is 9.10. The molecule has 6 heteroatoms. The number of halogens is 1. The van der Waals surface area contributed by atoms with Crippen molar-refractivity contribution in [2.45, 2.75) is 52.0 Å². The Morgan fingerprint density at radius 3 is 2.56 bits per heavy atom. The van der Waals surface area contributed by atoms with Crippen LogP contribution in [0.5, 0.6) is 5.75 Å². The molecule has 2 rings (SSSR count). The second-order valence-electron chi connectivity index (χ2n) is 6.70. The second kappa shape index (κ2) is 10.4. The highest BCUT2D eigenvalue weighted by Gasteiger charge is 2.19. The van der Waals surface area contributed by atoms with Crippen LogP contribution in [-0.4, -0.2) is 32.1 Å². The number of carbonyl (C=O) groups excluding carboxylic acids is 1. The lowest BCUT2D eigenvalue weighted by atomic mass is 9.95. The first-order chi connectivity index (χ1) is 13.0. The predicted molar refractivity (Wildman–Crippen MR) is 113 cm³/mol. The third-order valence-electron chi connectivity index (χ3n) is 5.01. The molecule has 0 radical (unpaired) electrons. The molecule has 1 amide bonds. The van der Waals surface area contributed by atoms with Gasteiger partial charge in [0.2, 0.25) is 0 Å². The minimum atomic E-state index is -0.310. The third kappa shape index (κ3) is 5.49. The van der Waals surface area contributed by atoms with E-state index in [2.05, 4.69) is 40.0 Å². The van der Waals surface area contributed by atoms with Crippen LogP contribution in [0.4, 0.5) is 5.69 Å². The van der Waals surface area contributed by atoms with E-state index in [0.29, 0.717) is 11.3 Å². The van der Waals surface area contributed by atoms with Crippen LogP contribution in [0.25, 0.3) is 6.08 Å². The van der Waals surface area contributed by atoms with Gasteiger partial charge in [-0.05, 0) is 54.8 Å².